The van der Waals surface area contributed by atoms with Gasteiger partial charge in [-0.25, -0.2) is 13.4 Å². The smallest absolute Gasteiger partial charge is 0.233 e. The van der Waals surface area contributed by atoms with Crippen LogP contribution in [0.5, 0.6) is 0 Å². The third-order valence-electron chi connectivity index (χ3n) is 4.03. The van der Waals surface area contributed by atoms with E-state index in [1.807, 2.05) is 56.3 Å². The second-order valence-electron chi connectivity index (χ2n) is 6.59. The van der Waals surface area contributed by atoms with E-state index in [-0.39, 0.29) is 5.75 Å². The summed E-state index contributed by atoms with van der Waals surface area (Å²) in [4.78, 5) is 4.30. The number of benzene rings is 2. The van der Waals surface area contributed by atoms with E-state index >= 15 is 0 Å². The molecule has 3 aromatic rings. The fourth-order valence-corrected chi connectivity index (χ4v) is 3.94. The molecule has 5 nitrogen and oxygen atoms in total. The number of aryl methyl sites for hydroxylation is 3. The lowest BCUT2D eigenvalue weighted by molar-refractivity contribution is 0.600. The zero-order valence-electron chi connectivity index (χ0n) is 15.4. The summed E-state index contributed by atoms with van der Waals surface area (Å²) >= 11 is 0. The van der Waals surface area contributed by atoms with Crippen LogP contribution in [-0.2, 0) is 16.4 Å². The largest absolute Gasteiger partial charge is 0.340 e. The van der Waals surface area contributed by atoms with Crippen LogP contribution in [0.3, 0.4) is 0 Å². The predicted molar refractivity (Wildman–Crippen MR) is 111 cm³/mol. The van der Waals surface area contributed by atoms with Gasteiger partial charge in [0.2, 0.25) is 10.0 Å². The number of hydrogen-bond donors (Lipinski definition) is 2. The Morgan fingerprint density at radius 1 is 0.889 bits per heavy atom. The minimum atomic E-state index is -3.43. The Morgan fingerprint density at radius 3 is 2.22 bits per heavy atom. The van der Waals surface area contributed by atoms with Crippen molar-refractivity contribution in [1.29, 1.82) is 0 Å². The average molecular weight is 382 g/mol. The summed E-state index contributed by atoms with van der Waals surface area (Å²) in [6.45, 7) is 4.08. The standard InChI is InChI=1S/C21H23N3O2S/c1-16-12-17(2)14-20(13-16)23-21-9-8-19(15-22-21)24-27(25,26)11-10-18-6-4-3-5-7-18/h3-9,12-15,24H,10-11H2,1-2H3,(H,22,23). The van der Waals surface area contributed by atoms with Crippen molar-refractivity contribution in [2.75, 3.05) is 15.8 Å². The van der Waals surface area contributed by atoms with Crippen LogP contribution in [0.25, 0.3) is 0 Å². The summed E-state index contributed by atoms with van der Waals surface area (Å²) in [6, 6.07) is 19.2. The van der Waals surface area contributed by atoms with Crippen LogP contribution < -0.4 is 10.0 Å². The molecule has 0 spiro atoms. The SMILES string of the molecule is Cc1cc(C)cc(Nc2ccc(NS(=O)(=O)CCc3ccccc3)cn2)c1. The van der Waals surface area contributed by atoms with Gasteiger partial charge in [-0.3, -0.25) is 4.72 Å². The Kier molecular flexibility index (Phi) is 5.76. The number of hydrogen-bond acceptors (Lipinski definition) is 4. The van der Waals surface area contributed by atoms with Crippen molar-refractivity contribution in [3.8, 4) is 0 Å². The molecule has 1 aromatic heterocycles. The van der Waals surface area contributed by atoms with Gasteiger partial charge < -0.3 is 5.32 Å². The zero-order valence-corrected chi connectivity index (χ0v) is 16.3. The van der Waals surface area contributed by atoms with E-state index in [1.54, 1.807) is 12.1 Å². The van der Waals surface area contributed by atoms with Gasteiger partial charge in [0.05, 0.1) is 17.6 Å². The van der Waals surface area contributed by atoms with Gasteiger partial charge in [0.15, 0.2) is 0 Å². The number of anilines is 3. The summed E-state index contributed by atoms with van der Waals surface area (Å²) in [5.74, 6) is 0.687. The highest BCUT2D eigenvalue weighted by atomic mass is 32.2. The van der Waals surface area contributed by atoms with Gasteiger partial charge in [0.25, 0.3) is 0 Å². The van der Waals surface area contributed by atoms with E-state index in [0.717, 1.165) is 11.3 Å². The third-order valence-corrected chi connectivity index (χ3v) is 5.32. The summed E-state index contributed by atoms with van der Waals surface area (Å²) in [5, 5.41) is 3.23. The molecule has 0 unspecified atom stereocenters. The first-order valence-electron chi connectivity index (χ1n) is 8.75. The molecule has 6 heteroatoms. The third kappa shape index (κ3) is 5.82. The lowest BCUT2D eigenvalue weighted by Gasteiger charge is -2.10. The number of sulfonamides is 1. The van der Waals surface area contributed by atoms with Gasteiger partial charge in [0.1, 0.15) is 5.82 Å². The van der Waals surface area contributed by atoms with E-state index in [0.29, 0.717) is 17.9 Å². The fourth-order valence-electron chi connectivity index (χ4n) is 2.85. The van der Waals surface area contributed by atoms with Gasteiger partial charge in [-0.15, -0.1) is 0 Å². The molecule has 0 saturated carbocycles. The number of rotatable bonds is 7. The van der Waals surface area contributed by atoms with Crippen molar-refractivity contribution in [3.63, 3.8) is 0 Å². The zero-order chi connectivity index (χ0) is 19.3. The molecule has 0 aliphatic rings. The van der Waals surface area contributed by atoms with Crippen molar-refractivity contribution in [2.45, 2.75) is 20.3 Å². The quantitative estimate of drug-likeness (QED) is 0.635. The van der Waals surface area contributed by atoms with E-state index in [9.17, 15) is 8.42 Å². The molecular weight excluding hydrogens is 358 g/mol. The Hall–Kier alpha value is -2.86. The molecule has 0 saturated heterocycles. The topological polar surface area (TPSA) is 71.1 Å². The Morgan fingerprint density at radius 2 is 1.59 bits per heavy atom. The first-order valence-corrected chi connectivity index (χ1v) is 10.4. The Bertz CT molecular complexity index is 981. The fraction of sp³-hybridized carbons (Fsp3) is 0.190. The van der Waals surface area contributed by atoms with Crippen LogP contribution >= 0.6 is 0 Å². The summed E-state index contributed by atoms with van der Waals surface area (Å²) < 4.78 is 27.1. The molecule has 3 rings (SSSR count). The second kappa shape index (κ2) is 8.22. The maximum atomic E-state index is 12.3. The average Bonchev–Trinajstić information content (AvgIpc) is 2.62. The van der Waals surface area contributed by atoms with Crippen molar-refractivity contribution >= 4 is 27.2 Å². The maximum absolute atomic E-state index is 12.3. The first-order chi connectivity index (χ1) is 12.9. The first kappa shape index (κ1) is 18.9. The molecule has 0 atom stereocenters. The highest BCUT2D eigenvalue weighted by Gasteiger charge is 2.11. The van der Waals surface area contributed by atoms with Crippen molar-refractivity contribution < 1.29 is 8.42 Å². The molecule has 27 heavy (non-hydrogen) atoms. The van der Waals surface area contributed by atoms with E-state index in [2.05, 4.69) is 21.1 Å². The summed E-state index contributed by atoms with van der Waals surface area (Å²) in [5.41, 5.74) is 4.74. The number of nitrogens with one attached hydrogen (secondary N) is 2. The lowest BCUT2D eigenvalue weighted by Crippen LogP contribution is -2.18. The van der Waals surface area contributed by atoms with E-state index in [4.69, 9.17) is 0 Å². The highest BCUT2D eigenvalue weighted by Crippen LogP contribution is 2.19. The van der Waals surface area contributed by atoms with Gasteiger partial charge in [0, 0.05) is 5.69 Å². The second-order valence-corrected chi connectivity index (χ2v) is 8.43. The predicted octanol–water partition coefficient (Wildman–Crippen LogP) is 4.43. The Labute approximate surface area is 160 Å². The summed E-state index contributed by atoms with van der Waals surface area (Å²) in [6.07, 6.45) is 1.99. The minimum absolute atomic E-state index is 0.0274. The molecule has 0 bridgehead atoms. The molecule has 0 radical (unpaired) electrons. The van der Waals surface area contributed by atoms with Crippen molar-refractivity contribution in [1.82, 2.24) is 4.98 Å². The van der Waals surface area contributed by atoms with Gasteiger partial charge in [-0.05, 0) is 61.2 Å². The van der Waals surface area contributed by atoms with Crippen LogP contribution in [0.4, 0.5) is 17.2 Å². The summed E-state index contributed by atoms with van der Waals surface area (Å²) in [7, 11) is -3.43. The van der Waals surface area contributed by atoms with Gasteiger partial charge in [-0.1, -0.05) is 36.4 Å². The van der Waals surface area contributed by atoms with Gasteiger partial charge >= 0.3 is 0 Å². The van der Waals surface area contributed by atoms with Crippen LogP contribution in [0.1, 0.15) is 16.7 Å². The molecule has 2 aromatic carbocycles. The van der Waals surface area contributed by atoms with E-state index < -0.39 is 10.0 Å². The molecule has 0 amide bonds. The van der Waals surface area contributed by atoms with Gasteiger partial charge in [-0.2, -0.15) is 0 Å². The van der Waals surface area contributed by atoms with E-state index in [1.165, 1.54) is 17.3 Å². The molecule has 2 N–H and O–H groups in total. The molecule has 140 valence electrons. The van der Waals surface area contributed by atoms with Crippen LogP contribution in [0, 0.1) is 13.8 Å². The number of pyridine rings is 1. The van der Waals surface area contributed by atoms with Crippen LogP contribution in [0.15, 0.2) is 66.9 Å². The molecule has 1 heterocycles. The lowest BCUT2D eigenvalue weighted by atomic mass is 10.1. The van der Waals surface area contributed by atoms with Crippen LogP contribution in [0.2, 0.25) is 0 Å². The highest BCUT2D eigenvalue weighted by molar-refractivity contribution is 7.92. The number of aromatic nitrogens is 1. The Balaban J connectivity index is 1.61. The maximum Gasteiger partial charge on any atom is 0.233 e. The van der Waals surface area contributed by atoms with Crippen LogP contribution in [-0.4, -0.2) is 19.2 Å². The minimum Gasteiger partial charge on any atom is -0.340 e. The number of nitrogens with zero attached hydrogens (tertiary/aromatic N) is 1. The normalized spacial score (nSPS) is 11.2. The molecule has 0 aliphatic heterocycles. The monoisotopic (exact) mass is 381 g/mol. The molecular formula is C21H23N3O2S. The van der Waals surface area contributed by atoms with Crippen molar-refractivity contribution in [2.24, 2.45) is 0 Å². The molecule has 0 aliphatic carbocycles. The molecule has 0 fully saturated rings. The van der Waals surface area contributed by atoms with Crippen molar-refractivity contribution in [3.05, 3.63) is 83.6 Å².